The van der Waals surface area contributed by atoms with Crippen molar-refractivity contribution < 1.29 is 0 Å². The zero-order valence-corrected chi connectivity index (χ0v) is 8.21. The van der Waals surface area contributed by atoms with Crippen molar-refractivity contribution in [1.29, 1.82) is 0 Å². The molecule has 1 radical (unpaired) electrons. The van der Waals surface area contributed by atoms with Crippen molar-refractivity contribution in [2.24, 2.45) is 0 Å². The SMILES string of the molecule is [CH2]c1cc2c(Br)cccc2s1. The van der Waals surface area contributed by atoms with Crippen LogP contribution >= 0.6 is 27.3 Å². The van der Waals surface area contributed by atoms with Gasteiger partial charge in [0, 0.05) is 19.4 Å². The largest absolute Gasteiger partial charge is 0.140 e. The summed E-state index contributed by atoms with van der Waals surface area (Å²) in [5, 5.41) is 1.27. The number of thiophene rings is 1. The normalized spacial score (nSPS) is 10.7. The highest BCUT2D eigenvalue weighted by atomic mass is 79.9. The van der Waals surface area contributed by atoms with Crippen molar-refractivity contribution in [3.63, 3.8) is 0 Å². The summed E-state index contributed by atoms with van der Waals surface area (Å²) < 4.78 is 2.45. The Bertz CT molecular complexity index is 389. The standard InChI is InChI=1S/C9H6BrS/c1-6-5-7-8(10)3-2-4-9(7)11-6/h2-5H,1H2. The highest BCUT2D eigenvalue weighted by Gasteiger charge is 1.99. The van der Waals surface area contributed by atoms with Crippen LogP contribution < -0.4 is 0 Å². The molecule has 55 valence electrons. The van der Waals surface area contributed by atoms with E-state index in [1.54, 1.807) is 11.3 Å². The Hall–Kier alpha value is -0.340. The fourth-order valence-electron chi connectivity index (χ4n) is 1.08. The molecule has 1 heterocycles. The second kappa shape index (κ2) is 2.61. The second-order valence-corrected chi connectivity index (χ2v) is 4.39. The van der Waals surface area contributed by atoms with Crippen LogP contribution in [0.4, 0.5) is 0 Å². The molecular weight excluding hydrogens is 220 g/mol. The average molecular weight is 226 g/mol. The van der Waals surface area contributed by atoms with Crippen LogP contribution in [0.15, 0.2) is 28.7 Å². The van der Waals surface area contributed by atoms with Crippen LogP contribution in [0, 0.1) is 6.92 Å². The first-order valence-corrected chi connectivity index (χ1v) is 4.88. The molecule has 0 aliphatic carbocycles. The lowest BCUT2D eigenvalue weighted by Crippen LogP contribution is -1.63. The molecule has 11 heavy (non-hydrogen) atoms. The second-order valence-electron chi connectivity index (χ2n) is 2.36. The molecule has 0 fully saturated rings. The van der Waals surface area contributed by atoms with E-state index in [0.29, 0.717) is 0 Å². The molecule has 2 aromatic rings. The number of fused-ring (bicyclic) bond motifs is 1. The molecule has 0 aliphatic heterocycles. The van der Waals surface area contributed by atoms with E-state index in [1.165, 1.54) is 10.1 Å². The predicted molar refractivity (Wildman–Crippen MR) is 54.0 cm³/mol. The first-order chi connectivity index (χ1) is 5.27. The van der Waals surface area contributed by atoms with Gasteiger partial charge in [-0.3, -0.25) is 0 Å². The molecule has 0 aliphatic rings. The van der Waals surface area contributed by atoms with Crippen LogP contribution in [0.5, 0.6) is 0 Å². The zero-order valence-electron chi connectivity index (χ0n) is 5.80. The number of hydrogen-bond donors (Lipinski definition) is 0. The van der Waals surface area contributed by atoms with E-state index in [2.05, 4.69) is 41.1 Å². The maximum atomic E-state index is 3.90. The molecule has 0 saturated heterocycles. The Balaban J connectivity index is 2.90. The Morgan fingerprint density at radius 1 is 1.36 bits per heavy atom. The molecule has 0 N–H and O–H groups in total. The molecule has 0 bridgehead atoms. The van der Waals surface area contributed by atoms with Crippen molar-refractivity contribution in [1.82, 2.24) is 0 Å². The molecule has 2 heteroatoms. The van der Waals surface area contributed by atoms with Crippen molar-refractivity contribution in [2.75, 3.05) is 0 Å². The van der Waals surface area contributed by atoms with E-state index in [9.17, 15) is 0 Å². The van der Waals surface area contributed by atoms with Gasteiger partial charge >= 0.3 is 0 Å². The lowest BCUT2D eigenvalue weighted by atomic mass is 10.2. The number of benzene rings is 1. The first kappa shape index (κ1) is 7.32. The van der Waals surface area contributed by atoms with E-state index in [4.69, 9.17) is 0 Å². The maximum absolute atomic E-state index is 3.90. The third-order valence-electron chi connectivity index (χ3n) is 1.56. The summed E-state index contributed by atoms with van der Waals surface area (Å²) in [4.78, 5) is 1.12. The van der Waals surface area contributed by atoms with E-state index in [1.807, 2.05) is 6.07 Å². The van der Waals surface area contributed by atoms with Gasteiger partial charge in [0.1, 0.15) is 0 Å². The van der Waals surface area contributed by atoms with Crippen LogP contribution in [0.2, 0.25) is 0 Å². The molecular formula is C9H6BrS. The van der Waals surface area contributed by atoms with Crippen LogP contribution in [0.3, 0.4) is 0 Å². The monoisotopic (exact) mass is 225 g/mol. The number of rotatable bonds is 0. The van der Waals surface area contributed by atoms with Gasteiger partial charge in [-0.05, 0) is 25.1 Å². The summed E-state index contributed by atoms with van der Waals surface area (Å²) >= 11 is 5.21. The molecule has 1 aromatic carbocycles. The summed E-state index contributed by atoms with van der Waals surface area (Å²) in [6.45, 7) is 3.90. The number of halogens is 1. The molecule has 0 nitrogen and oxygen atoms in total. The van der Waals surface area contributed by atoms with Crippen LogP contribution in [0.25, 0.3) is 10.1 Å². The Morgan fingerprint density at radius 3 is 2.91 bits per heavy atom. The van der Waals surface area contributed by atoms with Gasteiger partial charge in [0.05, 0.1) is 0 Å². The lowest BCUT2D eigenvalue weighted by Gasteiger charge is -1.89. The van der Waals surface area contributed by atoms with E-state index in [0.717, 1.165) is 9.35 Å². The topological polar surface area (TPSA) is 0 Å². The first-order valence-electron chi connectivity index (χ1n) is 3.27. The molecule has 0 spiro atoms. The third-order valence-corrected chi connectivity index (χ3v) is 3.21. The van der Waals surface area contributed by atoms with Gasteiger partial charge in [-0.2, -0.15) is 0 Å². The fourth-order valence-corrected chi connectivity index (χ4v) is 2.57. The molecule has 0 saturated carbocycles. The van der Waals surface area contributed by atoms with Crippen molar-refractivity contribution in [2.45, 2.75) is 0 Å². The quantitative estimate of drug-likeness (QED) is 0.640. The Kier molecular flexibility index (Phi) is 1.74. The Labute approximate surface area is 78.0 Å². The van der Waals surface area contributed by atoms with Gasteiger partial charge in [0.2, 0.25) is 0 Å². The van der Waals surface area contributed by atoms with Crippen LogP contribution in [0.1, 0.15) is 4.88 Å². The van der Waals surface area contributed by atoms with E-state index in [-0.39, 0.29) is 0 Å². The smallest absolute Gasteiger partial charge is 0.0357 e. The summed E-state index contributed by atoms with van der Waals surface area (Å²) in [7, 11) is 0. The van der Waals surface area contributed by atoms with Gasteiger partial charge < -0.3 is 0 Å². The van der Waals surface area contributed by atoms with Crippen molar-refractivity contribution in [3.8, 4) is 0 Å². The predicted octanol–water partition coefficient (Wildman–Crippen LogP) is 3.85. The summed E-state index contributed by atoms with van der Waals surface area (Å²) in [5.41, 5.74) is 0. The van der Waals surface area contributed by atoms with Crippen molar-refractivity contribution in [3.05, 3.63) is 40.5 Å². The highest BCUT2D eigenvalue weighted by Crippen LogP contribution is 2.30. The van der Waals surface area contributed by atoms with Gasteiger partial charge in [-0.15, -0.1) is 11.3 Å². The highest BCUT2D eigenvalue weighted by molar-refractivity contribution is 9.10. The average Bonchev–Trinajstić information content (AvgIpc) is 2.31. The maximum Gasteiger partial charge on any atom is 0.0357 e. The fraction of sp³-hybridized carbons (Fsp3) is 0. The van der Waals surface area contributed by atoms with E-state index >= 15 is 0 Å². The molecule has 0 amide bonds. The van der Waals surface area contributed by atoms with Crippen LogP contribution in [-0.2, 0) is 0 Å². The number of hydrogen-bond acceptors (Lipinski definition) is 1. The minimum absolute atomic E-state index is 1.12. The zero-order chi connectivity index (χ0) is 7.84. The molecule has 0 atom stereocenters. The van der Waals surface area contributed by atoms with Gasteiger partial charge in [0.15, 0.2) is 0 Å². The lowest BCUT2D eigenvalue weighted by molar-refractivity contribution is 1.78. The van der Waals surface area contributed by atoms with Gasteiger partial charge in [-0.25, -0.2) is 0 Å². The Morgan fingerprint density at radius 2 is 2.18 bits per heavy atom. The molecule has 1 aromatic heterocycles. The minimum Gasteiger partial charge on any atom is -0.140 e. The van der Waals surface area contributed by atoms with Gasteiger partial charge in [-0.1, -0.05) is 22.0 Å². The minimum atomic E-state index is 1.12. The molecule has 0 unspecified atom stereocenters. The van der Waals surface area contributed by atoms with Gasteiger partial charge in [0.25, 0.3) is 0 Å². The molecule has 2 rings (SSSR count). The summed E-state index contributed by atoms with van der Waals surface area (Å²) in [6, 6.07) is 8.31. The summed E-state index contributed by atoms with van der Waals surface area (Å²) in [6.07, 6.45) is 0. The third kappa shape index (κ3) is 1.21. The summed E-state index contributed by atoms with van der Waals surface area (Å²) in [5.74, 6) is 0. The van der Waals surface area contributed by atoms with Crippen molar-refractivity contribution >= 4 is 37.4 Å². The van der Waals surface area contributed by atoms with Crippen LogP contribution in [-0.4, -0.2) is 0 Å². The van der Waals surface area contributed by atoms with E-state index < -0.39 is 0 Å².